The van der Waals surface area contributed by atoms with Crippen molar-refractivity contribution < 1.29 is 4.79 Å². The van der Waals surface area contributed by atoms with Gasteiger partial charge >= 0.3 is 0 Å². The number of halogens is 2. The summed E-state index contributed by atoms with van der Waals surface area (Å²) in [6.45, 7) is 0. The highest BCUT2D eigenvalue weighted by Crippen LogP contribution is 2.18. The van der Waals surface area contributed by atoms with Crippen LogP contribution in [0.4, 0.5) is 0 Å². The summed E-state index contributed by atoms with van der Waals surface area (Å²) in [4.78, 5) is 12.3. The van der Waals surface area contributed by atoms with Gasteiger partial charge in [0, 0.05) is 22.8 Å². The zero-order chi connectivity index (χ0) is 15.5. The molecule has 1 fully saturated rings. The van der Waals surface area contributed by atoms with Crippen molar-refractivity contribution in [2.75, 3.05) is 0 Å². The van der Waals surface area contributed by atoms with E-state index in [1.54, 1.807) is 16.9 Å². The Hall–Kier alpha value is -1.37. The van der Waals surface area contributed by atoms with Crippen LogP contribution in [0.1, 0.15) is 36.2 Å². The van der Waals surface area contributed by atoms with Gasteiger partial charge in [-0.2, -0.15) is 5.10 Å². The van der Waals surface area contributed by atoms with Crippen molar-refractivity contribution in [2.24, 2.45) is 5.73 Å². The molecule has 0 radical (unpaired) electrons. The van der Waals surface area contributed by atoms with Crippen molar-refractivity contribution >= 4 is 34.2 Å². The van der Waals surface area contributed by atoms with Crippen molar-refractivity contribution in [3.63, 3.8) is 0 Å². The molecule has 1 aromatic carbocycles. The van der Waals surface area contributed by atoms with Crippen LogP contribution in [0.25, 0.3) is 5.69 Å². The van der Waals surface area contributed by atoms with Crippen LogP contribution in [0.3, 0.4) is 0 Å². The first-order valence-corrected chi connectivity index (χ1v) is 8.29. The number of carbonyl (C=O) groups excluding carboxylic acids is 1. The van der Waals surface area contributed by atoms with E-state index in [-0.39, 0.29) is 30.4 Å². The average molecular weight is 400 g/mol. The molecule has 0 atom stereocenters. The predicted octanol–water partition coefficient (Wildman–Crippen LogP) is 3.06. The van der Waals surface area contributed by atoms with E-state index in [4.69, 9.17) is 5.73 Å². The van der Waals surface area contributed by atoms with Crippen LogP contribution < -0.4 is 11.1 Å². The summed E-state index contributed by atoms with van der Waals surface area (Å²) in [5.74, 6) is -0.116. The molecular formula is C16H20BrClN4O. The van der Waals surface area contributed by atoms with Crippen molar-refractivity contribution in [3.05, 3.63) is 46.7 Å². The molecule has 2 aromatic rings. The molecule has 1 heterocycles. The average Bonchev–Trinajstić information content (AvgIpc) is 3.00. The van der Waals surface area contributed by atoms with E-state index in [2.05, 4.69) is 26.3 Å². The van der Waals surface area contributed by atoms with Crippen LogP contribution in [-0.4, -0.2) is 27.8 Å². The van der Waals surface area contributed by atoms with Crippen molar-refractivity contribution in [2.45, 2.75) is 37.8 Å². The van der Waals surface area contributed by atoms with Gasteiger partial charge in [-0.15, -0.1) is 12.4 Å². The van der Waals surface area contributed by atoms with Gasteiger partial charge in [0.25, 0.3) is 5.91 Å². The van der Waals surface area contributed by atoms with Gasteiger partial charge in [-0.3, -0.25) is 4.79 Å². The first-order chi connectivity index (χ1) is 10.6. The number of nitrogens with one attached hydrogen (secondary N) is 1. The molecule has 1 amide bonds. The smallest absolute Gasteiger partial charge is 0.272 e. The quantitative estimate of drug-likeness (QED) is 0.833. The summed E-state index contributed by atoms with van der Waals surface area (Å²) in [6.07, 6.45) is 5.63. The third kappa shape index (κ3) is 4.56. The standard InChI is InChI=1S/C16H19BrN4O.ClH/c17-11-2-1-3-14(10-11)21-9-8-15(20-21)16(22)19-13-6-4-12(18)5-7-13;/h1-3,8-10,12-13H,4-7,18H2,(H,19,22);1H. The lowest BCUT2D eigenvalue weighted by molar-refractivity contribution is 0.0920. The van der Waals surface area contributed by atoms with Crippen LogP contribution >= 0.6 is 28.3 Å². The second-order valence-electron chi connectivity index (χ2n) is 5.71. The molecule has 3 N–H and O–H groups in total. The highest BCUT2D eigenvalue weighted by Gasteiger charge is 2.21. The number of carbonyl (C=O) groups is 1. The Morgan fingerprint density at radius 2 is 2.00 bits per heavy atom. The molecule has 3 rings (SSSR count). The van der Waals surface area contributed by atoms with E-state index in [1.165, 1.54) is 0 Å². The number of hydrogen-bond donors (Lipinski definition) is 2. The fraction of sp³-hybridized carbons (Fsp3) is 0.375. The molecule has 0 bridgehead atoms. The van der Waals surface area contributed by atoms with Crippen LogP contribution in [0, 0.1) is 0 Å². The predicted molar refractivity (Wildman–Crippen MR) is 96.2 cm³/mol. The Bertz CT molecular complexity index is 668. The second kappa shape index (κ2) is 7.95. The van der Waals surface area contributed by atoms with Gasteiger partial charge in [-0.25, -0.2) is 4.68 Å². The molecule has 0 spiro atoms. The second-order valence-corrected chi connectivity index (χ2v) is 6.63. The van der Waals surface area contributed by atoms with Crippen LogP contribution in [-0.2, 0) is 0 Å². The molecule has 7 heteroatoms. The Kier molecular flexibility index (Phi) is 6.21. The summed E-state index contributed by atoms with van der Waals surface area (Å²) in [7, 11) is 0. The third-order valence-corrected chi connectivity index (χ3v) is 4.49. The molecule has 5 nitrogen and oxygen atoms in total. The number of aromatic nitrogens is 2. The maximum Gasteiger partial charge on any atom is 0.272 e. The first-order valence-electron chi connectivity index (χ1n) is 7.50. The Balaban J connectivity index is 0.00000192. The minimum absolute atomic E-state index is 0. The van der Waals surface area contributed by atoms with Gasteiger partial charge in [0.1, 0.15) is 0 Å². The number of rotatable bonds is 3. The van der Waals surface area contributed by atoms with Gasteiger partial charge in [-0.05, 0) is 49.9 Å². The highest BCUT2D eigenvalue weighted by molar-refractivity contribution is 9.10. The largest absolute Gasteiger partial charge is 0.348 e. The third-order valence-electron chi connectivity index (χ3n) is 4.00. The molecule has 124 valence electrons. The maximum absolute atomic E-state index is 12.3. The summed E-state index contributed by atoms with van der Waals surface area (Å²) in [5, 5.41) is 7.41. The summed E-state index contributed by atoms with van der Waals surface area (Å²) in [5.41, 5.74) is 7.24. The lowest BCUT2D eigenvalue weighted by Crippen LogP contribution is -2.40. The molecule has 0 saturated heterocycles. The van der Waals surface area contributed by atoms with E-state index in [0.717, 1.165) is 35.8 Å². The monoisotopic (exact) mass is 398 g/mol. The highest BCUT2D eigenvalue weighted by atomic mass is 79.9. The van der Waals surface area contributed by atoms with Gasteiger partial charge in [0.05, 0.1) is 5.69 Å². The molecule has 23 heavy (non-hydrogen) atoms. The van der Waals surface area contributed by atoms with E-state index < -0.39 is 0 Å². The fourth-order valence-corrected chi connectivity index (χ4v) is 3.12. The molecule has 1 aromatic heterocycles. The van der Waals surface area contributed by atoms with E-state index >= 15 is 0 Å². The maximum atomic E-state index is 12.3. The Labute approximate surface area is 150 Å². The SMILES string of the molecule is Cl.NC1CCC(NC(=O)c2ccn(-c3cccc(Br)c3)n2)CC1. The number of hydrogen-bond acceptors (Lipinski definition) is 3. The minimum atomic E-state index is -0.116. The number of amides is 1. The summed E-state index contributed by atoms with van der Waals surface area (Å²) in [6, 6.07) is 10.0. The van der Waals surface area contributed by atoms with E-state index in [0.29, 0.717) is 5.69 Å². The molecule has 0 aliphatic heterocycles. The fourth-order valence-electron chi connectivity index (χ4n) is 2.73. The zero-order valence-electron chi connectivity index (χ0n) is 12.6. The minimum Gasteiger partial charge on any atom is -0.348 e. The van der Waals surface area contributed by atoms with Crippen LogP contribution in [0.5, 0.6) is 0 Å². The van der Waals surface area contributed by atoms with Crippen LogP contribution in [0.15, 0.2) is 41.0 Å². The van der Waals surface area contributed by atoms with Crippen molar-refractivity contribution in [3.8, 4) is 5.69 Å². The lowest BCUT2D eigenvalue weighted by atomic mass is 9.92. The molecular weight excluding hydrogens is 380 g/mol. The summed E-state index contributed by atoms with van der Waals surface area (Å²) >= 11 is 3.44. The van der Waals surface area contributed by atoms with Gasteiger partial charge in [-0.1, -0.05) is 22.0 Å². The molecule has 0 unspecified atom stereocenters. The number of nitrogens with two attached hydrogens (primary N) is 1. The molecule has 1 saturated carbocycles. The van der Waals surface area contributed by atoms with E-state index in [9.17, 15) is 4.79 Å². The number of benzene rings is 1. The molecule has 1 aliphatic carbocycles. The van der Waals surface area contributed by atoms with E-state index in [1.807, 2.05) is 24.3 Å². The Morgan fingerprint density at radius 1 is 1.26 bits per heavy atom. The molecule has 1 aliphatic rings. The normalized spacial score (nSPS) is 20.6. The van der Waals surface area contributed by atoms with Gasteiger partial charge < -0.3 is 11.1 Å². The van der Waals surface area contributed by atoms with Gasteiger partial charge in [0.15, 0.2) is 5.69 Å². The zero-order valence-corrected chi connectivity index (χ0v) is 15.0. The number of nitrogens with zero attached hydrogens (tertiary/aromatic N) is 2. The first kappa shape index (κ1) is 18.0. The van der Waals surface area contributed by atoms with Crippen molar-refractivity contribution in [1.82, 2.24) is 15.1 Å². The van der Waals surface area contributed by atoms with Crippen molar-refractivity contribution in [1.29, 1.82) is 0 Å². The topological polar surface area (TPSA) is 72.9 Å². The Morgan fingerprint density at radius 3 is 2.70 bits per heavy atom. The summed E-state index contributed by atoms with van der Waals surface area (Å²) < 4.78 is 2.68. The lowest BCUT2D eigenvalue weighted by Gasteiger charge is -2.26. The van der Waals surface area contributed by atoms with Gasteiger partial charge in [0.2, 0.25) is 0 Å². The van der Waals surface area contributed by atoms with Crippen LogP contribution in [0.2, 0.25) is 0 Å².